The number of aromatic nitrogens is 1. The third-order valence-electron chi connectivity index (χ3n) is 6.01. The van der Waals surface area contributed by atoms with E-state index in [0.29, 0.717) is 18.8 Å². The second-order valence-corrected chi connectivity index (χ2v) is 7.89. The van der Waals surface area contributed by atoms with Crippen LogP contribution < -0.4 is 0 Å². The summed E-state index contributed by atoms with van der Waals surface area (Å²) >= 11 is 0. The van der Waals surface area contributed by atoms with Crippen molar-refractivity contribution >= 4 is 11.8 Å². The smallest absolute Gasteiger partial charge is 0.230 e. The van der Waals surface area contributed by atoms with Crippen LogP contribution in [0.3, 0.4) is 0 Å². The highest BCUT2D eigenvalue weighted by atomic mass is 19.1. The molecule has 150 valence electrons. The van der Waals surface area contributed by atoms with Gasteiger partial charge in [-0.25, -0.2) is 4.39 Å². The Labute approximate surface area is 166 Å². The zero-order valence-corrected chi connectivity index (χ0v) is 15.8. The van der Waals surface area contributed by atoms with Crippen molar-refractivity contribution in [2.45, 2.75) is 24.8 Å². The summed E-state index contributed by atoms with van der Waals surface area (Å²) in [5.74, 6) is -1.12. The van der Waals surface area contributed by atoms with E-state index in [1.165, 1.54) is 18.3 Å². The standard InChI is InChI=1S/C21H20FN3O4/c1-24(11-15-7-9-23-29-15)19(26)17-16-6-8-21(28-16)12-25(20(27)18(17)21)10-13-2-4-14(22)5-3-13/h2-9,16-18H,10-12H2,1H3/t16-,17?,18?,21-/m0/s1. The lowest BCUT2D eigenvalue weighted by molar-refractivity contribution is -0.143. The van der Waals surface area contributed by atoms with E-state index in [1.807, 2.05) is 12.2 Å². The summed E-state index contributed by atoms with van der Waals surface area (Å²) in [5, 5.41) is 3.66. The Morgan fingerprint density at radius 1 is 1.34 bits per heavy atom. The lowest BCUT2D eigenvalue weighted by Gasteiger charge is -2.27. The average Bonchev–Trinajstić information content (AvgIpc) is 3.46. The average molecular weight is 397 g/mol. The molecule has 8 heteroatoms. The number of fused-ring (bicyclic) bond motifs is 1. The molecule has 0 aliphatic carbocycles. The first-order valence-corrected chi connectivity index (χ1v) is 9.52. The van der Waals surface area contributed by atoms with Gasteiger partial charge in [-0.1, -0.05) is 29.4 Å². The van der Waals surface area contributed by atoms with Gasteiger partial charge in [-0.05, 0) is 17.7 Å². The molecule has 2 aromatic rings. The van der Waals surface area contributed by atoms with E-state index in [-0.39, 0.29) is 24.2 Å². The fraction of sp³-hybridized carbons (Fsp3) is 0.381. The lowest BCUT2D eigenvalue weighted by Crippen LogP contribution is -2.44. The van der Waals surface area contributed by atoms with Gasteiger partial charge in [0.1, 0.15) is 11.4 Å². The summed E-state index contributed by atoms with van der Waals surface area (Å²) in [7, 11) is 1.68. The first kappa shape index (κ1) is 18.1. The maximum atomic E-state index is 13.2. The molecule has 0 radical (unpaired) electrons. The number of ether oxygens (including phenoxy) is 1. The number of hydrogen-bond acceptors (Lipinski definition) is 5. The first-order valence-electron chi connectivity index (χ1n) is 9.52. The van der Waals surface area contributed by atoms with Crippen LogP contribution in [0, 0.1) is 17.7 Å². The molecule has 0 saturated carbocycles. The van der Waals surface area contributed by atoms with Gasteiger partial charge in [0.2, 0.25) is 11.8 Å². The number of benzene rings is 1. The fourth-order valence-electron chi connectivity index (χ4n) is 4.69. The Kier molecular flexibility index (Phi) is 4.06. The molecule has 2 amide bonds. The first-order chi connectivity index (χ1) is 14.0. The molecule has 1 aromatic heterocycles. The topological polar surface area (TPSA) is 75.9 Å². The second-order valence-electron chi connectivity index (χ2n) is 7.89. The summed E-state index contributed by atoms with van der Waals surface area (Å²) in [5.41, 5.74) is 0.0646. The molecule has 29 heavy (non-hydrogen) atoms. The van der Waals surface area contributed by atoms with Crippen molar-refractivity contribution in [2.24, 2.45) is 11.8 Å². The summed E-state index contributed by atoms with van der Waals surface area (Å²) in [4.78, 5) is 29.7. The van der Waals surface area contributed by atoms with E-state index in [0.717, 1.165) is 5.56 Å². The molecular weight excluding hydrogens is 377 g/mol. The van der Waals surface area contributed by atoms with Crippen LogP contribution in [0.2, 0.25) is 0 Å². The molecule has 3 aliphatic rings. The maximum absolute atomic E-state index is 13.2. The monoisotopic (exact) mass is 397 g/mol. The van der Waals surface area contributed by atoms with Gasteiger partial charge < -0.3 is 19.1 Å². The predicted molar refractivity (Wildman–Crippen MR) is 98.5 cm³/mol. The number of likely N-dealkylation sites (tertiary alicyclic amines) is 1. The van der Waals surface area contributed by atoms with Crippen LogP contribution in [0.4, 0.5) is 4.39 Å². The van der Waals surface area contributed by atoms with Crippen LogP contribution in [0.15, 0.2) is 53.2 Å². The Hall–Kier alpha value is -3.00. The Morgan fingerprint density at radius 2 is 2.14 bits per heavy atom. The van der Waals surface area contributed by atoms with E-state index in [1.54, 1.807) is 35.0 Å². The van der Waals surface area contributed by atoms with Crippen molar-refractivity contribution < 1.29 is 23.2 Å². The van der Waals surface area contributed by atoms with Crippen molar-refractivity contribution in [3.63, 3.8) is 0 Å². The molecule has 3 aliphatic heterocycles. The molecule has 4 heterocycles. The molecule has 0 N–H and O–H groups in total. The quantitative estimate of drug-likeness (QED) is 0.719. The molecule has 4 atom stereocenters. The molecule has 2 saturated heterocycles. The van der Waals surface area contributed by atoms with E-state index < -0.39 is 23.5 Å². The number of halogens is 1. The SMILES string of the molecule is CN(Cc1ccno1)C(=O)C1C2C(=O)N(Cc3ccc(F)cc3)C[C@@]23C=C[C@@H]1O3. The zero-order valence-electron chi connectivity index (χ0n) is 15.8. The summed E-state index contributed by atoms with van der Waals surface area (Å²) in [6.45, 7) is 1.02. The highest BCUT2D eigenvalue weighted by Gasteiger charge is 2.67. The third kappa shape index (κ3) is 2.86. The van der Waals surface area contributed by atoms with Crippen LogP contribution in [0.5, 0.6) is 0 Å². The number of rotatable bonds is 5. The Balaban J connectivity index is 1.36. The highest BCUT2D eigenvalue weighted by molar-refractivity contribution is 5.93. The van der Waals surface area contributed by atoms with E-state index in [4.69, 9.17) is 9.26 Å². The molecule has 7 nitrogen and oxygen atoms in total. The molecule has 2 unspecified atom stereocenters. The minimum Gasteiger partial charge on any atom is -0.360 e. The molecule has 1 spiro atoms. The Morgan fingerprint density at radius 3 is 2.86 bits per heavy atom. The second kappa shape index (κ2) is 6.52. The van der Waals surface area contributed by atoms with Gasteiger partial charge in [0, 0.05) is 19.7 Å². The van der Waals surface area contributed by atoms with Crippen molar-refractivity contribution in [3.05, 3.63) is 65.8 Å². The van der Waals surface area contributed by atoms with Crippen LogP contribution in [0.25, 0.3) is 0 Å². The molecule has 5 rings (SSSR count). The van der Waals surface area contributed by atoms with E-state index in [9.17, 15) is 14.0 Å². The highest BCUT2D eigenvalue weighted by Crippen LogP contribution is 2.52. The van der Waals surface area contributed by atoms with Gasteiger partial charge in [-0.15, -0.1) is 0 Å². The number of nitrogens with zero attached hydrogens (tertiary/aromatic N) is 3. The minimum absolute atomic E-state index is 0.104. The molecule has 2 fully saturated rings. The predicted octanol–water partition coefficient (Wildman–Crippen LogP) is 1.75. The summed E-state index contributed by atoms with van der Waals surface area (Å²) in [6, 6.07) is 7.78. The summed E-state index contributed by atoms with van der Waals surface area (Å²) in [6.07, 6.45) is 4.93. The minimum atomic E-state index is -0.769. The number of hydrogen-bond donors (Lipinski definition) is 0. The van der Waals surface area contributed by atoms with Crippen LogP contribution in [-0.2, 0) is 27.4 Å². The molecule has 1 aromatic carbocycles. The zero-order chi connectivity index (χ0) is 20.2. The third-order valence-corrected chi connectivity index (χ3v) is 6.01. The van der Waals surface area contributed by atoms with Gasteiger partial charge in [0.25, 0.3) is 0 Å². The molecular formula is C21H20FN3O4. The van der Waals surface area contributed by atoms with Gasteiger partial charge in [-0.2, -0.15) is 0 Å². The van der Waals surface area contributed by atoms with E-state index in [2.05, 4.69) is 5.16 Å². The normalized spacial score (nSPS) is 29.5. The van der Waals surface area contributed by atoms with Crippen LogP contribution in [-0.4, -0.2) is 52.1 Å². The van der Waals surface area contributed by atoms with Crippen LogP contribution >= 0.6 is 0 Å². The number of amides is 2. The number of carbonyl (C=O) groups is 2. The van der Waals surface area contributed by atoms with Crippen LogP contribution in [0.1, 0.15) is 11.3 Å². The van der Waals surface area contributed by atoms with Crippen molar-refractivity contribution in [1.82, 2.24) is 15.0 Å². The maximum Gasteiger partial charge on any atom is 0.230 e. The fourth-order valence-corrected chi connectivity index (χ4v) is 4.69. The lowest BCUT2D eigenvalue weighted by atomic mass is 9.76. The van der Waals surface area contributed by atoms with Gasteiger partial charge >= 0.3 is 0 Å². The van der Waals surface area contributed by atoms with Crippen molar-refractivity contribution in [3.8, 4) is 0 Å². The largest absolute Gasteiger partial charge is 0.360 e. The van der Waals surface area contributed by atoms with E-state index >= 15 is 0 Å². The van der Waals surface area contributed by atoms with Gasteiger partial charge in [-0.3, -0.25) is 9.59 Å². The molecule has 2 bridgehead atoms. The van der Waals surface area contributed by atoms with Crippen molar-refractivity contribution in [2.75, 3.05) is 13.6 Å². The Bertz CT molecular complexity index is 974. The van der Waals surface area contributed by atoms with Crippen molar-refractivity contribution in [1.29, 1.82) is 0 Å². The van der Waals surface area contributed by atoms with Gasteiger partial charge in [0.15, 0.2) is 5.76 Å². The number of carbonyl (C=O) groups excluding carboxylic acids is 2. The summed E-state index contributed by atoms with van der Waals surface area (Å²) < 4.78 is 24.4. The van der Waals surface area contributed by atoms with Gasteiger partial charge in [0.05, 0.1) is 37.2 Å².